The molecule has 0 saturated carbocycles. The number of nitrogens with zero attached hydrogens (tertiary/aromatic N) is 3. The Morgan fingerprint density at radius 1 is 1.06 bits per heavy atom. The number of carbonyl (C=O) groups is 3. The summed E-state index contributed by atoms with van der Waals surface area (Å²) in [4.78, 5) is 39.0. The van der Waals surface area contributed by atoms with Crippen molar-refractivity contribution < 1.29 is 14.4 Å². The van der Waals surface area contributed by atoms with Crippen LogP contribution < -0.4 is 21.3 Å². The van der Waals surface area contributed by atoms with Crippen molar-refractivity contribution in [3.63, 3.8) is 0 Å². The van der Waals surface area contributed by atoms with Gasteiger partial charge >= 0.3 is 0 Å². The highest BCUT2D eigenvalue weighted by molar-refractivity contribution is 5.93. The Balaban J connectivity index is 1.61. The number of fused-ring (bicyclic) bond motifs is 5. The molecule has 2 aliphatic heterocycles. The molecular weight excluding hydrogens is 410 g/mol. The van der Waals surface area contributed by atoms with Crippen molar-refractivity contribution in [2.24, 2.45) is 5.92 Å². The molecule has 1 fully saturated rings. The highest BCUT2D eigenvalue weighted by atomic mass is 16.2. The van der Waals surface area contributed by atoms with Gasteiger partial charge < -0.3 is 21.3 Å². The number of rotatable bonds is 3. The molecule has 3 heterocycles. The molecule has 2 aromatic rings. The van der Waals surface area contributed by atoms with Gasteiger partial charge in [-0.1, -0.05) is 49.4 Å². The Labute approximate surface area is 186 Å². The van der Waals surface area contributed by atoms with Crippen molar-refractivity contribution in [1.29, 1.82) is 0 Å². The van der Waals surface area contributed by atoms with Gasteiger partial charge in [-0.25, -0.2) is 4.68 Å². The lowest BCUT2D eigenvalue weighted by molar-refractivity contribution is -0.133. The highest BCUT2D eigenvalue weighted by Crippen LogP contribution is 2.20. The molecule has 32 heavy (non-hydrogen) atoms. The molecule has 1 saturated heterocycles. The van der Waals surface area contributed by atoms with E-state index in [0.29, 0.717) is 25.1 Å². The maximum atomic E-state index is 13.1. The van der Waals surface area contributed by atoms with Gasteiger partial charge in [0.05, 0.1) is 24.8 Å². The van der Waals surface area contributed by atoms with Crippen LogP contribution in [0.2, 0.25) is 0 Å². The average Bonchev–Trinajstić information content (AvgIpc) is 3.44. The quantitative estimate of drug-likeness (QED) is 0.519. The molecule has 4 atom stereocenters. The molecule has 0 aliphatic carbocycles. The number of amides is 3. The molecule has 1 aromatic carbocycles. The average molecular weight is 440 g/mol. The summed E-state index contributed by atoms with van der Waals surface area (Å²) < 4.78 is 1.73. The summed E-state index contributed by atoms with van der Waals surface area (Å²) in [6, 6.07) is 7.49. The number of benzene rings is 1. The van der Waals surface area contributed by atoms with Gasteiger partial charge in [0.25, 0.3) is 0 Å². The van der Waals surface area contributed by atoms with E-state index in [4.69, 9.17) is 0 Å². The van der Waals surface area contributed by atoms with E-state index in [1.807, 2.05) is 44.2 Å². The van der Waals surface area contributed by atoms with E-state index in [9.17, 15) is 14.4 Å². The highest BCUT2D eigenvalue weighted by Gasteiger charge is 2.35. The molecule has 2 aliphatic rings. The van der Waals surface area contributed by atoms with Crippen molar-refractivity contribution in [3.05, 3.63) is 47.8 Å². The third kappa shape index (κ3) is 4.96. The number of hydrogen-bond donors (Lipinski definition) is 4. The number of nitrogens with one attached hydrogen (secondary N) is 4. The number of carbonyl (C=O) groups excluding carboxylic acids is 3. The summed E-state index contributed by atoms with van der Waals surface area (Å²) in [5.41, 5.74) is 1.54. The predicted molar refractivity (Wildman–Crippen MR) is 116 cm³/mol. The topological polar surface area (TPSA) is 130 Å². The van der Waals surface area contributed by atoms with Gasteiger partial charge in [0.1, 0.15) is 17.8 Å². The van der Waals surface area contributed by atoms with E-state index in [1.54, 1.807) is 10.9 Å². The number of aromatic nitrogens is 3. The second-order valence-electron chi connectivity index (χ2n) is 8.74. The van der Waals surface area contributed by atoms with Crippen molar-refractivity contribution in [1.82, 2.24) is 36.3 Å². The van der Waals surface area contributed by atoms with Gasteiger partial charge in [-0.15, -0.1) is 5.10 Å². The minimum absolute atomic E-state index is 0.0232. The zero-order chi connectivity index (χ0) is 22.7. The predicted octanol–water partition coefficient (Wildman–Crippen LogP) is -0.321. The van der Waals surface area contributed by atoms with E-state index in [1.165, 1.54) is 0 Å². The van der Waals surface area contributed by atoms with Crippen LogP contribution in [0.3, 0.4) is 0 Å². The van der Waals surface area contributed by atoms with E-state index in [0.717, 1.165) is 5.56 Å². The molecule has 10 nitrogen and oxygen atoms in total. The van der Waals surface area contributed by atoms with Crippen molar-refractivity contribution in [2.45, 2.75) is 57.4 Å². The Morgan fingerprint density at radius 2 is 1.84 bits per heavy atom. The number of hydrogen-bond acceptors (Lipinski definition) is 6. The molecule has 4 N–H and O–H groups in total. The van der Waals surface area contributed by atoms with E-state index < -0.39 is 18.1 Å². The van der Waals surface area contributed by atoms with Crippen LogP contribution in [0.15, 0.2) is 36.5 Å². The first kappa shape index (κ1) is 21.9. The summed E-state index contributed by atoms with van der Waals surface area (Å²) >= 11 is 0. The molecule has 0 spiro atoms. The first-order valence-electron chi connectivity index (χ1n) is 11.0. The first-order valence-corrected chi connectivity index (χ1v) is 11.0. The molecule has 170 valence electrons. The second-order valence-corrected chi connectivity index (χ2v) is 8.74. The van der Waals surface area contributed by atoms with Gasteiger partial charge in [-0.05, 0) is 17.9 Å². The summed E-state index contributed by atoms with van der Waals surface area (Å²) in [5, 5.41) is 20.1. The van der Waals surface area contributed by atoms with Gasteiger partial charge in [0.2, 0.25) is 17.7 Å². The van der Waals surface area contributed by atoms with Gasteiger partial charge in [-0.2, -0.15) is 0 Å². The van der Waals surface area contributed by atoms with Crippen LogP contribution in [-0.2, 0) is 27.3 Å². The van der Waals surface area contributed by atoms with E-state index in [2.05, 4.69) is 31.6 Å². The molecular formula is C22H29N7O3. The summed E-state index contributed by atoms with van der Waals surface area (Å²) in [5.74, 6) is -1.08. The van der Waals surface area contributed by atoms with Crippen LogP contribution >= 0.6 is 0 Å². The molecule has 4 bridgehead atoms. The first-order chi connectivity index (χ1) is 15.4. The fourth-order valence-electron chi connectivity index (χ4n) is 4.10. The Kier molecular flexibility index (Phi) is 6.50. The van der Waals surface area contributed by atoms with Crippen molar-refractivity contribution in [2.75, 3.05) is 6.54 Å². The van der Waals surface area contributed by atoms with Crippen molar-refractivity contribution in [3.8, 4) is 0 Å². The van der Waals surface area contributed by atoms with Gasteiger partial charge in [0.15, 0.2) is 0 Å². The van der Waals surface area contributed by atoms with Gasteiger partial charge in [-0.3, -0.25) is 14.4 Å². The minimum atomic E-state index is -0.794. The monoisotopic (exact) mass is 439 g/mol. The molecule has 10 heteroatoms. The lowest BCUT2D eigenvalue weighted by Crippen LogP contribution is -2.57. The Morgan fingerprint density at radius 3 is 2.59 bits per heavy atom. The smallest absolute Gasteiger partial charge is 0.243 e. The zero-order valence-electron chi connectivity index (χ0n) is 18.2. The molecule has 3 amide bonds. The summed E-state index contributed by atoms with van der Waals surface area (Å²) in [6.07, 6.45) is 2.66. The standard InChI is InChI=1S/C22H29N7O3/c1-13(2)19-22(32)25-18(8-14-6-4-3-5-7-14)20(30)24-10-15-12-29(28-27-15)16-9-17(23-11-16)21(31)26-19/h3-7,12-13,16-19,23H,8-11H2,1-2H3,(H,24,30)(H,25,32)(H,26,31)/t16-,17-,18+,19-/m0/s1. The maximum absolute atomic E-state index is 13.1. The maximum Gasteiger partial charge on any atom is 0.243 e. The van der Waals surface area contributed by atoms with Crippen LogP contribution in [0.25, 0.3) is 0 Å². The van der Waals surface area contributed by atoms with E-state index in [-0.39, 0.29) is 36.2 Å². The molecule has 1 aromatic heterocycles. The Hall–Kier alpha value is -3.27. The van der Waals surface area contributed by atoms with Crippen LogP contribution in [0.5, 0.6) is 0 Å². The fourth-order valence-corrected chi connectivity index (χ4v) is 4.10. The lowest BCUT2D eigenvalue weighted by Gasteiger charge is -2.26. The molecule has 0 unspecified atom stereocenters. The molecule has 0 radical (unpaired) electrons. The minimum Gasteiger partial charge on any atom is -0.349 e. The third-order valence-corrected chi connectivity index (χ3v) is 5.96. The van der Waals surface area contributed by atoms with Crippen LogP contribution in [0.1, 0.15) is 37.6 Å². The lowest BCUT2D eigenvalue weighted by atomic mass is 10.0. The zero-order valence-corrected chi connectivity index (χ0v) is 18.2. The van der Waals surface area contributed by atoms with E-state index >= 15 is 0 Å². The second kappa shape index (κ2) is 9.47. The Bertz CT molecular complexity index is 975. The molecule has 4 rings (SSSR count). The summed E-state index contributed by atoms with van der Waals surface area (Å²) in [6.45, 7) is 4.51. The van der Waals surface area contributed by atoms with Crippen LogP contribution in [0.4, 0.5) is 0 Å². The fraction of sp³-hybridized carbons (Fsp3) is 0.500. The largest absolute Gasteiger partial charge is 0.349 e. The normalized spacial score (nSPS) is 26.7. The summed E-state index contributed by atoms with van der Waals surface area (Å²) in [7, 11) is 0. The van der Waals surface area contributed by atoms with Crippen LogP contribution in [0, 0.1) is 5.92 Å². The van der Waals surface area contributed by atoms with Gasteiger partial charge in [0, 0.05) is 13.0 Å². The third-order valence-electron chi connectivity index (χ3n) is 5.96. The SMILES string of the molecule is CC(C)[C@@H]1NC(=O)[C@@H]2C[C@@H](CN2)n2cc(nn2)CNC(=O)[C@@H](Cc2ccccc2)NC1=O. The van der Waals surface area contributed by atoms with Crippen molar-refractivity contribution >= 4 is 17.7 Å². The van der Waals surface area contributed by atoms with Crippen LogP contribution in [-0.4, -0.2) is 57.4 Å².